The molecule has 8 heteroatoms. The summed E-state index contributed by atoms with van der Waals surface area (Å²) >= 11 is 6.27. The van der Waals surface area contributed by atoms with Crippen molar-refractivity contribution < 1.29 is 9.90 Å². The molecule has 1 heterocycles. The molecular formula is C20H26ClN5O2. The summed E-state index contributed by atoms with van der Waals surface area (Å²) in [4.78, 5) is 23.2. The highest BCUT2D eigenvalue weighted by atomic mass is 35.5. The van der Waals surface area contributed by atoms with Crippen LogP contribution in [0.3, 0.4) is 0 Å². The Morgan fingerprint density at radius 2 is 2.04 bits per heavy atom. The van der Waals surface area contributed by atoms with Crippen LogP contribution in [0.5, 0.6) is 0 Å². The van der Waals surface area contributed by atoms with Crippen molar-refractivity contribution >= 4 is 34.8 Å². The van der Waals surface area contributed by atoms with Crippen LogP contribution in [-0.4, -0.2) is 47.2 Å². The maximum Gasteiger partial charge on any atom is 0.252 e. The smallest absolute Gasteiger partial charge is 0.252 e. The first kappa shape index (κ1) is 20.4. The van der Waals surface area contributed by atoms with Gasteiger partial charge in [-0.05, 0) is 31.0 Å². The van der Waals surface area contributed by atoms with Crippen molar-refractivity contribution in [2.24, 2.45) is 0 Å². The number of aliphatic hydroxyl groups is 1. The van der Waals surface area contributed by atoms with Crippen molar-refractivity contribution in [3.05, 3.63) is 41.2 Å². The molecule has 0 aliphatic heterocycles. The lowest BCUT2D eigenvalue weighted by Crippen LogP contribution is -2.44. The Balaban J connectivity index is 1.75. The Morgan fingerprint density at radius 1 is 1.29 bits per heavy atom. The van der Waals surface area contributed by atoms with E-state index in [-0.39, 0.29) is 12.5 Å². The summed E-state index contributed by atoms with van der Waals surface area (Å²) < 4.78 is 0. The van der Waals surface area contributed by atoms with Gasteiger partial charge in [-0.25, -0.2) is 4.98 Å². The van der Waals surface area contributed by atoms with Crippen molar-refractivity contribution in [1.29, 1.82) is 0 Å². The van der Waals surface area contributed by atoms with E-state index in [0.717, 1.165) is 24.9 Å². The van der Waals surface area contributed by atoms with Crippen LogP contribution in [0.15, 0.2) is 30.6 Å². The molecule has 2 aromatic rings. The molecule has 3 N–H and O–H groups in total. The third-order valence-corrected chi connectivity index (χ3v) is 5.50. The number of hydrogen-bond donors (Lipinski definition) is 3. The van der Waals surface area contributed by atoms with Crippen LogP contribution in [-0.2, 0) is 0 Å². The molecule has 150 valence electrons. The summed E-state index contributed by atoms with van der Waals surface area (Å²) in [6.07, 6.45) is 7.81. The number of amides is 1. The van der Waals surface area contributed by atoms with Gasteiger partial charge in [0.1, 0.15) is 5.82 Å². The molecule has 1 saturated carbocycles. The fourth-order valence-electron chi connectivity index (χ4n) is 3.39. The highest BCUT2D eigenvalue weighted by Gasteiger charge is 2.29. The average Bonchev–Trinajstić information content (AvgIpc) is 2.72. The number of aromatic nitrogens is 2. The van der Waals surface area contributed by atoms with Crippen molar-refractivity contribution in [3.63, 3.8) is 0 Å². The number of nitrogens with zero attached hydrogens (tertiary/aromatic N) is 3. The third-order valence-electron chi connectivity index (χ3n) is 5.17. The largest absolute Gasteiger partial charge is 0.388 e. The van der Waals surface area contributed by atoms with Gasteiger partial charge in [-0.15, -0.1) is 0 Å². The van der Waals surface area contributed by atoms with Gasteiger partial charge in [-0.1, -0.05) is 30.9 Å². The number of carbonyl (C=O) groups is 1. The lowest BCUT2D eigenvalue weighted by atomic mass is 9.85. The van der Waals surface area contributed by atoms with Crippen molar-refractivity contribution in [3.8, 4) is 0 Å². The zero-order valence-corrected chi connectivity index (χ0v) is 17.0. The Morgan fingerprint density at radius 3 is 2.75 bits per heavy atom. The highest BCUT2D eigenvalue weighted by Crippen LogP contribution is 2.29. The summed E-state index contributed by atoms with van der Waals surface area (Å²) in [7, 11) is 3.62. The minimum Gasteiger partial charge on any atom is -0.388 e. The Labute approximate surface area is 170 Å². The Kier molecular flexibility index (Phi) is 6.36. The first-order valence-corrected chi connectivity index (χ1v) is 9.83. The van der Waals surface area contributed by atoms with Crippen LogP contribution in [0.2, 0.25) is 5.02 Å². The second kappa shape index (κ2) is 8.75. The van der Waals surface area contributed by atoms with Gasteiger partial charge in [-0.2, -0.15) is 0 Å². The standard InChI is InChI=1S/C20H26ClN5O2/c1-22-17-11-23-12-18(25-17)26(2)14-6-7-16(21)15(10-14)19(27)24-13-20(28)8-4-3-5-9-20/h6-7,10-12,28H,3-5,8-9,13H2,1-2H3,(H,22,25)(H,24,27). The lowest BCUT2D eigenvalue weighted by Gasteiger charge is -2.32. The van der Waals surface area contributed by atoms with E-state index in [0.29, 0.717) is 35.1 Å². The number of rotatable bonds is 6. The summed E-state index contributed by atoms with van der Waals surface area (Å²) in [5.74, 6) is 0.989. The van der Waals surface area contributed by atoms with Gasteiger partial charge in [-0.3, -0.25) is 9.78 Å². The lowest BCUT2D eigenvalue weighted by molar-refractivity contribution is 0.00526. The van der Waals surface area contributed by atoms with Gasteiger partial charge in [0.25, 0.3) is 5.91 Å². The zero-order chi connectivity index (χ0) is 20.1. The molecule has 0 unspecified atom stereocenters. The van der Waals surface area contributed by atoms with Crippen LogP contribution in [0.4, 0.5) is 17.3 Å². The summed E-state index contributed by atoms with van der Waals surface area (Å²) in [5.41, 5.74) is 0.300. The molecule has 3 rings (SSSR count). The maximum atomic E-state index is 12.7. The highest BCUT2D eigenvalue weighted by molar-refractivity contribution is 6.34. The molecule has 1 aliphatic carbocycles. The van der Waals surface area contributed by atoms with E-state index < -0.39 is 5.60 Å². The summed E-state index contributed by atoms with van der Waals surface area (Å²) in [5, 5.41) is 16.8. The predicted octanol–water partition coefficient (Wildman–Crippen LogP) is 3.36. The maximum absolute atomic E-state index is 12.7. The van der Waals surface area contributed by atoms with Crippen LogP contribution in [0, 0.1) is 0 Å². The monoisotopic (exact) mass is 403 g/mol. The molecule has 0 atom stereocenters. The first-order valence-electron chi connectivity index (χ1n) is 9.45. The number of benzene rings is 1. The van der Waals surface area contributed by atoms with Crippen LogP contribution >= 0.6 is 11.6 Å². The Bertz CT molecular complexity index is 839. The molecule has 28 heavy (non-hydrogen) atoms. The average molecular weight is 404 g/mol. The van der Waals surface area contributed by atoms with E-state index in [1.807, 2.05) is 18.0 Å². The first-order chi connectivity index (χ1) is 13.4. The number of carbonyl (C=O) groups excluding carboxylic acids is 1. The molecule has 1 aliphatic rings. The molecule has 0 bridgehead atoms. The normalized spacial score (nSPS) is 15.7. The van der Waals surface area contributed by atoms with E-state index >= 15 is 0 Å². The number of anilines is 3. The molecule has 0 saturated heterocycles. The number of halogens is 1. The fraction of sp³-hybridized carbons (Fsp3) is 0.450. The second-order valence-electron chi connectivity index (χ2n) is 7.20. The quantitative estimate of drug-likeness (QED) is 0.685. The molecular weight excluding hydrogens is 378 g/mol. The molecule has 1 fully saturated rings. The predicted molar refractivity (Wildman–Crippen MR) is 111 cm³/mol. The van der Waals surface area contributed by atoms with E-state index in [2.05, 4.69) is 20.6 Å². The van der Waals surface area contributed by atoms with Gasteiger partial charge < -0.3 is 20.6 Å². The molecule has 0 radical (unpaired) electrons. The third kappa shape index (κ3) is 4.72. The van der Waals surface area contributed by atoms with Gasteiger partial charge in [0.15, 0.2) is 5.82 Å². The van der Waals surface area contributed by atoms with Crippen molar-refractivity contribution in [2.45, 2.75) is 37.7 Å². The molecule has 7 nitrogen and oxygen atoms in total. The summed E-state index contributed by atoms with van der Waals surface area (Å²) in [6.45, 7) is 0.234. The fourth-order valence-corrected chi connectivity index (χ4v) is 3.60. The van der Waals surface area contributed by atoms with Crippen LogP contribution in [0.25, 0.3) is 0 Å². The van der Waals surface area contributed by atoms with E-state index in [1.54, 1.807) is 31.6 Å². The van der Waals surface area contributed by atoms with Gasteiger partial charge in [0.05, 0.1) is 28.6 Å². The van der Waals surface area contributed by atoms with Gasteiger partial charge >= 0.3 is 0 Å². The minimum atomic E-state index is -0.821. The van der Waals surface area contributed by atoms with Crippen molar-refractivity contribution in [1.82, 2.24) is 15.3 Å². The second-order valence-corrected chi connectivity index (χ2v) is 7.61. The SMILES string of the molecule is CNc1cncc(N(C)c2ccc(Cl)c(C(=O)NCC3(O)CCCCC3)c2)n1. The van der Waals surface area contributed by atoms with Crippen LogP contribution in [0.1, 0.15) is 42.5 Å². The molecule has 1 amide bonds. The zero-order valence-electron chi connectivity index (χ0n) is 16.2. The number of nitrogens with one attached hydrogen (secondary N) is 2. The molecule has 1 aromatic carbocycles. The molecule has 1 aromatic heterocycles. The van der Waals surface area contributed by atoms with Gasteiger partial charge in [0.2, 0.25) is 0 Å². The van der Waals surface area contributed by atoms with E-state index in [1.165, 1.54) is 0 Å². The van der Waals surface area contributed by atoms with E-state index in [4.69, 9.17) is 11.6 Å². The summed E-state index contributed by atoms with van der Waals surface area (Å²) in [6, 6.07) is 5.23. The number of hydrogen-bond acceptors (Lipinski definition) is 6. The Hall–Kier alpha value is -2.38. The van der Waals surface area contributed by atoms with Crippen LogP contribution < -0.4 is 15.5 Å². The van der Waals surface area contributed by atoms with E-state index in [9.17, 15) is 9.90 Å². The van der Waals surface area contributed by atoms with Crippen molar-refractivity contribution in [2.75, 3.05) is 30.9 Å². The molecule has 0 spiro atoms. The topological polar surface area (TPSA) is 90.4 Å². The minimum absolute atomic E-state index is 0.234. The van der Waals surface area contributed by atoms with Gasteiger partial charge in [0, 0.05) is 26.3 Å².